The third-order valence-electron chi connectivity index (χ3n) is 6.75. The largest absolute Gasteiger partial charge is 0.471 e. The Balaban J connectivity index is 0.000000429. The van der Waals surface area contributed by atoms with Crippen LogP contribution in [0, 0.1) is 20.8 Å². The fraction of sp³-hybridized carbons (Fsp3) is 0.394. The van der Waals surface area contributed by atoms with Crippen LogP contribution in [-0.4, -0.2) is 45.5 Å². The molecule has 2 aromatic carbocycles. The lowest BCUT2D eigenvalue weighted by atomic mass is 9.88. The van der Waals surface area contributed by atoms with Crippen molar-refractivity contribution in [3.8, 4) is 11.1 Å². The molecule has 1 aliphatic rings. The molecule has 3 heterocycles. The summed E-state index contributed by atoms with van der Waals surface area (Å²) in [5, 5.41) is 19.4. The number of rotatable bonds is 5. The van der Waals surface area contributed by atoms with Crippen LogP contribution in [0.5, 0.6) is 0 Å². The summed E-state index contributed by atoms with van der Waals surface area (Å²) in [4.78, 5) is 16.0. The van der Waals surface area contributed by atoms with Crippen molar-refractivity contribution in [2.75, 3.05) is 18.6 Å². The van der Waals surface area contributed by atoms with Gasteiger partial charge in [0.25, 0.3) is 6.47 Å². The highest BCUT2D eigenvalue weighted by molar-refractivity contribution is 6.07. The zero-order chi connectivity index (χ0) is 29.6. The van der Waals surface area contributed by atoms with Crippen LogP contribution in [0.2, 0.25) is 0 Å². The van der Waals surface area contributed by atoms with Crippen LogP contribution in [0.25, 0.3) is 22.0 Å². The molecule has 0 spiro atoms. The standard InChI is InChI=1S/C27H29N3O.C4H10O.C2H4O2/c1-5-22-19(4)26-27-23(25(22)20-11-9-17(2)10-12-20)15-18(3)29(27)13-14-30(26)24-8-6-7-21(16-31)28-24;1-4(2,3)5;1-4-2-3/h6-12,15,31H,5,13-14,16H2,1-4H3;5H,1-3H3;2H,1H3. The first-order chi connectivity index (χ1) is 18.9. The van der Waals surface area contributed by atoms with Crippen molar-refractivity contribution in [2.24, 2.45) is 0 Å². The van der Waals surface area contributed by atoms with E-state index in [1.54, 1.807) is 20.8 Å². The Kier molecular flexibility index (Phi) is 10.1. The van der Waals surface area contributed by atoms with Crippen molar-refractivity contribution >= 4 is 28.9 Å². The zero-order valence-electron chi connectivity index (χ0n) is 25.1. The molecule has 1 aliphatic heterocycles. The molecule has 5 rings (SSSR count). The van der Waals surface area contributed by atoms with Gasteiger partial charge in [0.1, 0.15) is 5.82 Å². The van der Waals surface area contributed by atoms with E-state index >= 15 is 0 Å². The average molecular weight is 546 g/mol. The lowest BCUT2D eigenvalue weighted by Gasteiger charge is -2.34. The molecule has 7 heteroatoms. The van der Waals surface area contributed by atoms with Crippen molar-refractivity contribution in [1.82, 2.24) is 9.55 Å². The maximum atomic E-state index is 9.61. The summed E-state index contributed by atoms with van der Waals surface area (Å²) < 4.78 is 6.32. The zero-order valence-corrected chi connectivity index (χ0v) is 25.1. The van der Waals surface area contributed by atoms with Gasteiger partial charge in [-0.1, -0.05) is 42.8 Å². The Morgan fingerprint density at radius 3 is 2.23 bits per heavy atom. The summed E-state index contributed by atoms with van der Waals surface area (Å²) in [6, 6.07) is 17.2. The molecule has 2 aromatic heterocycles. The van der Waals surface area contributed by atoms with E-state index in [9.17, 15) is 5.11 Å². The Morgan fingerprint density at radius 1 is 1.05 bits per heavy atom. The van der Waals surface area contributed by atoms with Gasteiger partial charge in [-0.15, -0.1) is 0 Å². The molecule has 0 fully saturated rings. The number of nitrogens with zero attached hydrogens (tertiary/aromatic N) is 3. The van der Waals surface area contributed by atoms with Crippen LogP contribution in [0.4, 0.5) is 11.5 Å². The van der Waals surface area contributed by atoms with Crippen LogP contribution >= 0.6 is 0 Å². The molecule has 0 bridgehead atoms. The van der Waals surface area contributed by atoms with Crippen molar-refractivity contribution in [3.05, 3.63) is 76.6 Å². The number of methoxy groups -OCH3 is 1. The van der Waals surface area contributed by atoms with Crippen LogP contribution < -0.4 is 4.90 Å². The van der Waals surface area contributed by atoms with Crippen molar-refractivity contribution < 1.29 is 19.7 Å². The highest BCUT2D eigenvalue weighted by Gasteiger charge is 2.28. The quantitative estimate of drug-likeness (QED) is 0.282. The number of ether oxygens (including phenoxy) is 1. The van der Waals surface area contributed by atoms with E-state index < -0.39 is 5.60 Å². The number of carbonyl (C=O) groups excluding carboxylic acids is 1. The topological polar surface area (TPSA) is 87.8 Å². The normalized spacial score (nSPS) is 12.3. The molecule has 0 atom stereocenters. The molecule has 7 nitrogen and oxygen atoms in total. The Morgan fingerprint density at radius 2 is 1.68 bits per heavy atom. The number of aliphatic hydroxyl groups excluding tert-OH is 1. The summed E-state index contributed by atoms with van der Waals surface area (Å²) in [5.41, 5.74) is 10.7. The van der Waals surface area contributed by atoms with Gasteiger partial charge in [-0.2, -0.15) is 0 Å². The lowest BCUT2D eigenvalue weighted by molar-refractivity contribution is -0.126. The molecule has 2 N–H and O–H groups in total. The number of pyridine rings is 1. The summed E-state index contributed by atoms with van der Waals surface area (Å²) in [7, 11) is 1.31. The second-order valence-electron chi connectivity index (χ2n) is 11.0. The van der Waals surface area contributed by atoms with E-state index in [1.165, 1.54) is 57.2 Å². The number of carbonyl (C=O) groups is 1. The monoisotopic (exact) mass is 545 g/mol. The maximum Gasteiger partial charge on any atom is 0.292 e. The number of aryl methyl sites for hydroxylation is 2. The molecule has 0 amide bonds. The van der Waals surface area contributed by atoms with Crippen molar-refractivity contribution in [3.63, 3.8) is 0 Å². The minimum absolute atomic E-state index is 0.0435. The summed E-state index contributed by atoms with van der Waals surface area (Å²) in [5.74, 6) is 0.909. The maximum absolute atomic E-state index is 9.61. The van der Waals surface area contributed by atoms with E-state index in [1.807, 2.05) is 12.1 Å². The minimum Gasteiger partial charge on any atom is -0.471 e. The van der Waals surface area contributed by atoms with E-state index in [2.05, 4.69) is 78.3 Å². The molecule has 0 saturated heterocycles. The van der Waals surface area contributed by atoms with Gasteiger partial charge < -0.3 is 24.4 Å². The third-order valence-corrected chi connectivity index (χ3v) is 6.75. The van der Waals surface area contributed by atoms with Gasteiger partial charge in [0.15, 0.2) is 0 Å². The van der Waals surface area contributed by atoms with Crippen LogP contribution in [-0.2, 0) is 29.1 Å². The second-order valence-corrected chi connectivity index (χ2v) is 11.0. The Labute approximate surface area is 238 Å². The Hall–Kier alpha value is -3.68. The van der Waals surface area contributed by atoms with E-state index in [0.717, 1.165) is 25.3 Å². The fourth-order valence-corrected chi connectivity index (χ4v) is 5.15. The second kappa shape index (κ2) is 13.1. The number of aliphatic hydroxyl groups is 2. The molecular weight excluding hydrogens is 502 g/mol. The van der Waals surface area contributed by atoms with Gasteiger partial charge in [-0.25, -0.2) is 4.98 Å². The highest BCUT2D eigenvalue weighted by atomic mass is 16.5. The van der Waals surface area contributed by atoms with E-state index in [0.29, 0.717) is 12.2 Å². The molecular formula is C33H43N3O4. The van der Waals surface area contributed by atoms with Crippen molar-refractivity contribution in [1.29, 1.82) is 0 Å². The number of hydrogen-bond acceptors (Lipinski definition) is 6. The van der Waals surface area contributed by atoms with E-state index in [4.69, 9.17) is 14.9 Å². The lowest BCUT2D eigenvalue weighted by Crippen LogP contribution is -2.29. The van der Waals surface area contributed by atoms with Gasteiger partial charge in [-0.05, 0) is 88.4 Å². The minimum atomic E-state index is -0.500. The number of aromatic nitrogens is 2. The smallest absolute Gasteiger partial charge is 0.292 e. The summed E-state index contributed by atoms with van der Waals surface area (Å²) in [6.07, 6.45) is 0.972. The molecule has 0 radical (unpaired) electrons. The van der Waals surface area contributed by atoms with Crippen LogP contribution in [0.1, 0.15) is 55.8 Å². The third kappa shape index (κ3) is 6.90. The molecule has 214 valence electrons. The predicted octanol–water partition coefficient (Wildman–Crippen LogP) is 6.40. The number of benzene rings is 2. The van der Waals surface area contributed by atoms with Gasteiger partial charge in [0.2, 0.25) is 0 Å². The molecule has 0 saturated carbocycles. The highest BCUT2D eigenvalue weighted by Crippen LogP contribution is 2.46. The van der Waals surface area contributed by atoms with Gasteiger partial charge >= 0.3 is 0 Å². The first-order valence-corrected chi connectivity index (χ1v) is 13.7. The molecule has 0 unspecified atom stereocenters. The number of anilines is 2. The summed E-state index contributed by atoms with van der Waals surface area (Å²) in [6.45, 7) is 16.2. The summed E-state index contributed by atoms with van der Waals surface area (Å²) >= 11 is 0. The molecule has 0 aliphatic carbocycles. The van der Waals surface area contributed by atoms with E-state index in [-0.39, 0.29) is 6.61 Å². The first kappa shape index (κ1) is 30.9. The van der Waals surface area contributed by atoms with Gasteiger partial charge in [0.05, 0.1) is 36.2 Å². The van der Waals surface area contributed by atoms with Gasteiger partial charge in [-0.3, -0.25) is 4.79 Å². The Bertz CT molecular complexity index is 1440. The SMILES string of the molecule is CC(C)(C)O.CCc1c(C)c2c3c(cc(C)n3CCN2c2cccc(CO)n2)c1-c1ccc(C)cc1.COC=O. The number of hydrogen-bond donors (Lipinski definition) is 2. The average Bonchev–Trinajstić information content (AvgIpc) is 3.26. The first-order valence-electron chi connectivity index (χ1n) is 13.7. The van der Waals surface area contributed by atoms with Gasteiger partial charge in [0, 0.05) is 24.2 Å². The van der Waals surface area contributed by atoms with Crippen LogP contribution in [0.3, 0.4) is 0 Å². The van der Waals surface area contributed by atoms with Crippen molar-refractivity contribution in [2.45, 2.75) is 73.6 Å². The molecule has 4 aromatic rings. The fourth-order valence-electron chi connectivity index (χ4n) is 5.15. The molecule has 40 heavy (non-hydrogen) atoms. The van der Waals surface area contributed by atoms with Crippen LogP contribution in [0.15, 0.2) is 48.5 Å². The predicted molar refractivity (Wildman–Crippen MR) is 163 cm³/mol.